The maximum absolute atomic E-state index is 12.5. The van der Waals surface area contributed by atoms with Gasteiger partial charge >= 0.3 is 0 Å². The Morgan fingerprint density at radius 3 is 2.67 bits per heavy atom. The second-order valence-electron chi connectivity index (χ2n) is 7.00. The number of nitrogens with one attached hydrogen (secondary N) is 1. The Hall–Kier alpha value is -2.36. The van der Waals surface area contributed by atoms with Crippen molar-refractivity contribution in [3.05, 3.63) is 59.4 Å². The molecule has 0 spiro atoms. The number of carbonyl (C=O) groups excluding carboxylic acids is 1. The number of fused-ring (bicyclic) bond motifs is 2. The first-order chi connectivity index (χ1) is 11.6. The normalized spacial score (nSPS) is 24.5. The fourth-order valence-corrected chi connectivity index (χ4v) is 4.14. The number of carbonyl (C=O) groups is 1. The van der Waals surface area contributed by atoms with Gasteiger partial charge in [0.1, 0.15) is 0 Å². The standard InChI is InChI=1S/C20H23N3O/c1-13-19(14(2)23(22-13)17-6-4-3-5-7-17)12-21-20(24)18-11-15-8-9-16(18)10-15/h3-9,15-16,18H,10-12H2,1-2H3,(H,21,24). The number of allylic oxidation sites excluding steroid dienone is 2. The summed E-state index contributed by atoms with van der Waals surface area (Å²) in [4.78, 5) is 12.5. The molecule has 1 saturated carbocycles. The first kappa shape index (κ1) is 15.2. The van der Waals surface area contributed by atoms with Crippen molar-refractivity contribution in [1.29, 1.82) is 0 Å². The molecule has 4 heteroatoms. The third-order valence-corrected chi connectivity index (χ3v) is 5.50. The summed E-state index contributed by atoms with van der Waals surface area (Å²) in [7, 11) is 0. The number of rotatable bonds is 4. The summed E-state index contributed by atoms with van der Waals surface area (Å²) in [6.07, 6.45) is 6.66. The molecule has 2 aliphatic rings. The van der Waals surface area contributed by atoms with Gasteiger partial charge in [0, 0.05) is 23.7 Å². The van der Waals surface area contributed by atoms with Crippen LogP contribution in [0.15, 0.2) is 42.5 Å². The Bertz CT molecular complexity index is 791. The lowest BCUT2D eigenvalue weighted by molar-refractivity contribution is -0.125. The van der Waals surface area contributed by atoms with E-state index in [1.54, 1.807) is 0 Å². The summed E-state index contributed by atoms with van der Waals surface area (Å²) in [5.41, 5.74) is 4.23. The quantitative estimate of drug-likeness (QED) is 0.878. The molecule has 3 atom stereocenters. The topological polar surface area (TPSA) is 46.9 Å². The lowest BCUT2D eigenvalue weighted by Crippen LogP contribution is -2.32. The molecule has 1 fully saturated rings. The number of nitrogens with zero attached hydrogens (tertiary/aromatic N) is 2. The molecule has 3 unspecified atom stereocenters. The van der Waals surface area contributed by atoms with Crippen LogP contribution in [0.2, 0.25) is 0 Å². The minimum Gasteiger partial charge on any atom is -0.352 e. The SMILES string of the molecule is Cc1nn(-c2ccccc2)c(C)c1CNC(=O)C1CC2C=CC1C2. The molecule has 4 nitrogen and oxygen atoms in total. The molecule has 0 aliphatic heterocycles. The zero-order valence-electron chi connectivity index (χ0n) is 14.2. The number of para-hydroxylation sites is 1. The van der Waals surface area contributed by atoms with E-state index in [-0.39, 0.29) is 11.8 Å². The Labute approximate surface area is 142 Å². The van der Waals surface area contributed by atoms with Crippen LogP contribution in [0.5, 0.6) is 0 Å². The van der Waals surface area contributed by atoms with Gasteiger partial charge in [0.25, 0.3) is 0 Å². The van der Waals surface area contributed by atoms with Gasteiger partial charge in [-0.25, -0.2) is 4.68 Å². The summed E-state index contributed by atoms with van der Waals surface area (Å²) in [6.45, 7) is 4.63. The van der Waals surface area contributed by atoms with E-state index in [9.17, 15) is 4.79 Å². The summed E-state index contributed by atoms with van der Waals surface area (Å²) in [5, 5.41) is 7.79. The Morgan fingerprint density at radius 2 is 2.00 bits per heavy atom. The molecule has 1 aromatic carbocycles. The third-order valence-electron chi connectivity index (χ3n) is 5.50. The van der Waals surface area contributed by atoms with Crippen LogP contribution in [0.4, 0.5) is 0 Å². The molecule has 2 bridgehead atoms. The van der Waals surface area contributed by atoms with E-state index >= 15 is 0 Å². The van der Waals surface area contributed by atoms with E-state index in [1.165, 1.54) is 0 Å². The number of hydrogen-bond donors (Lipinski definition) is 1. The first-order valence-electron chi connectivity index (χ1n) is 8.70. The van der Waals surface area contributed by atoms with Crippen molar-refractivity contribution < 1.29 is 4.79 Å². The van der Waals surface area contributed by atoms with Crippen LogP contribution in [-0.2, 0) is 11.3 Å². The van der Waals surface area contributed by atoms with Gasteiger partial charge < -0.3 is 5.32 Å². The number of benzene rings is 1. The molecule has 0 saturated heterocycles. The van der Waals surface area contributed by atoms with Gasteiger partial charge in [0.2, 0.25) is 5.91 Å². The largest absolute Gasteiger partial charge is 0.352 e. The van der Waals surface area contributed by atoms with E-state index in [0.29, 0.717) is 18.4 Å². The van der Waals surface area contributed by atoms with E-state index in [2.05, 4.69) is 29.5 Å². The predicted molar refractivity (Wildman–Crippen MR) is 93.7 cm³/mol. The van der Waals surface area contributed by atoms with Crippen molar-refractivity contribution in [3.8, 4) is 5.69 Å². The molecule has 1 amide bonds. The van der Waals surface area contributed by atoms with E-state index < -0.39 is 0 Å². The Morgan fingerprint density at radius 1 is 1.21 bits per heavy atom. The fourth-order valence-electron chi connectivity index (χ4n) is 4.14. The van der Waals surface area contributed by atoms with Crippen molar-refractivity contribution in [1.82, 2.24) is 15.1 Å². The smallest absolute Gasteiger partial charge is 0.223 e. The molecule has 1 aromatic heterocycles. The van der Waals surface area contributed by atoms with E-state index in [1.807, 2.05) is 41.9 Å². The molecule has 4 rings (SSSR count). The summed E-state index contributed by atoms with van der Waals surface area (Å²) < 4.78 is 1.96. The maximum Gasteiger partial charge on any atom is 0.223 e. The van der Waals surface area contributed by atoms with Gasteiger partial charge in [-0.1, -0.05) is 30.4 Å². The lowest BCUT2D eigenvalue weighted by atomic mass is 9.93. The Kier molecular flexibility index (Phi) is 3.75. The van der Waals surface area contributed by atoms with Gasteiger partial charge in [-0.2, -0.15) is 5.10 Å². The summed E-state index contributed by atoms with van der Waals surface area (Å²) in [5.74, 6) is 1.42. The average Bonchev–Trinajstić information content (AvgIpc) is 3.29. The van der Waals surface area contributed by atoms with Crippen molar-refractivity contribution >= 4 is 5.91 Å². The second-order valence-corrected chi connectivity index (χ2v) is 7.00. The monoisotopic (exact) mass is 321 g/mol. The van der Waals surface area contributed by atoms with Crippen LogP contribution >= 0.6 is 0 Å². The summed E-state index contributed by atoms with van der Waals surface area (Å²) >= 11 is 0. The Balaban J connectivity index is 1.48. The molecular weight excluding hydrogens is 298 g/mol. The van der Waals surface area contributed by atoms with Gasteiger partial charge in [-0.3, -0.25) is 4.79 Å². The highest BCUT2D eigenvalue weighted by Gasteiger charge is 2.39. The van der Waals surface area contributed by atoms with Crippen molar-refractivity contribution in [2.24, 2.45) is 17.8 Å². The number of amides is 1. The van der Waals surface area contributed by atoms with Crippen molar-refractivity contribution in [2.45, 2.75) is 33.2 Å². The average molecular weight is 321 g/mol. The third kappa shape index (κ3) is 2.56. The second kappa shape index (κ2) is 5.93. The van der Waals surface area contributed by atoms with Crippen LogP contribution in [0.3, 0.4) is 0 Å². The number of aryl methyl sites for hydroxylation is 1. The fraction of sp³-hybridized carbons (Fsp3) is 0.400. The molecule has 1 heterocycles. The van der Waals surface area contributed by atoms with Crippen molar-refractivity contribution in [3.63, 3.8) is 0 Å². The highest BCUT2D eigenvalue weighted by molar-refractivity contribution is 5.80. The molecule has 2 aliphatic carbocycles. The molecule has 1 N–H and O–H groups in total. The zero-order chi connectivity index (χ0) is 16.7. The molecule has 2 aromatic rings. The minimum absolute atomic E-state index is 0.157. The van der Waals surface area contributed by atoms with Gasteiger partial charge in [-0.15, -0.1) is 0 Å². The highest BCUT2D eigenvalue weighted by atomic mass is 16.1. The maximum atomic E-state index is 12.5. The van der Waals surface area contributed by atoms with Crippen molar-refractivity contribution in [2.75, 3.05) is 0 Å². The molecule has 24 heavy (non-hydrogen) atoms. The molecule has 124 valence electrons. The summed E-state index contributed by atoms with van der Waals surface area (Å²) in [6, 6.07) is 10.1. The van der Waals surface area contributed by atoms with Crippen LogP contribution in [0, 0.1) is 31.6 Å². The van der Waals surface area contributed by atoms with Gasteiger partial charge in [0.05, 0.1) is 11.4 Å². The van der Waals surface area contributed by atoms with Gasteiger partial charge in [0.15, 0.2) is 0 Å². The predicted octanol–water partition coefficient (Wildman–Crippen LogP) is 3.32. The van der Waals surface area contributed by atoms with E-state index in [0.717, 1.165) is 35.5 Å². The molecular formula is C20H23N3O. The van der Waals surface area contributed by atoms with Crippen LogP contribution in [0.25, 0.3) is 5.69 Å². The lowest BCUT2D eigenvalue weighted by Gasteiger charge is -2.17. The van der Waals surface area contributed by atoms with Crippen LogP contribution < -0.4 is 5.32 Å². The van der Waals surface area contributed by atoms with Crippen LogP contribution in [-0.4, -0.2) is 15.7 Å². The van der Waals surface area contributed by atoms with Gasteiger partial charge in [-0.05, 0) is 50.7 Å². The zero-order valence-corrected chi connectivity index (χ0v) is 14.2. The number of hydrogen-bond acceptors (Lipinski definition) is 2. The van der Waals surface area contributed by atoms with E-state index in [4.69, 9.17) is 0 Å². The number of aromatic nitrogens is 2. The first-order valence-corrected chi connectivity index (χ1v) is 8.70. The van der Waals surface area contributed by atoms with Crippen LogP contribution in [0.1, 0.15) is 29.8 Å². The minimum atomic E-state index is 0.157. The highest BCUT2D eigenvalue weighted by Crippen LogP contribution is 2.43. The molecule has 0 radical (unpaired) electrons.